The smallest absolute Gasteiger partial charge is 0.238 e. The summed E-state index contributed by atoms with van der Waals surface area (Å²) >= 11 is 0. The number of rotatable bonds is 5. The third-order valence-electron chi connectivity index (χ3n) is 3.58. The summed E-state index contributed by atoms with van der Waals surface area (Å²) in [6, 6.07) is 6.37. The molecule has 0 aliphatic carbocycles. The summed E-state index contributed by atoms with van der Waals surface area (Å²) in [6.07, 6.45) is 4.71. The van der Waals surface area contributed by atoms with Crippen LogP contribution in [0.5, 0.6) is 0 Å². The third kappa shape index (κ3) is 5.11. The van der Waals surface area contributed by atoms with Crippen LogP contribution in [0.2, 0.25) is 0 Å². The summed E-state index contributed by atoms with van der Waals surface area (Å²) in [4.78, 5) is 11.9. The molecule has 4 N–H and O–H groups in total. The topological polar surface area (TPSA) is 101 Å². The molecule has 1 aliphatic rings. The predicted octanol–water partition coefficient (Wildman–Crippen LogP) is 1.19. The first kappa shape index (κ1) is 15.9. The van der Waals surface area contributed by atoms with Gasteiger partial charge in [0.05, 0.1) is 4.90 Å². The van der Waals surface area contributed by atoms with Gasteiger partial charge in [-0.05, 0) is 44.0 Å². The molecule has 0 spiro atoms. The lowest BCUT2D eigenvalue weighted by Gasteiger charge is -2.23. The van der Waals surface area contributed by atoms with Crippen molar-refractivity contribution >= 4 is 21.6 Å². The molecule has 0 saturated carbocycles. The fourth-order valence-electron chi connectivity index (χ4n) is 2.45. The van der Waals surface area contributed by atoms with Crippen LogP contribution in [0.15, 0.2) is 29.2 Å². The van der Waals surface area contributed by atoms with E-state index in [0.29, 0.717) is 18.2 Å². The Morgan fingerprint density at radius 2 is 2.19 bits per heavy atom. The second kappa shape index (κ2) is 7.02. The maximum atomic E-state index is 11.9. The minimum absolute atomic E-state index is 0.00533. The number of benzene rings is 1. The van der Waals surface area contributed by atoms with Gasteiger partial charge in [-0.3, -0.25) is 4.79 Å². The number of hydrogen-bond acceptors (Lipinski definition) is 4. The fourth-order valence-corrected chi connectivity index (χ4v) is 3.01. The Balaban J connectivity index is 1.87. The number of nitrogens with one attached hydrogen (secondary N) is 2. The molecular weight excluding hydrogens is 290 g/mol. The number of amides is 1. The Bertz CT molecular complexity index is 595. The SMILES string of the molecule is NS(=O)(=O)c1cccc(NC(=O)CCC2CCCCN2)c1. The van der Waals surface area contributed by atoms with Crippen molar-refractivity contribution in [3.63, 3.8) is 0 Å². The van der Waals surface area contributed by atoms with E-state index in [1.165, 1.54) is 25.0 Å². The van der Waals surface area contributed by atoms with E-state index in [0.717, 1.165) is 19.4 Å². The second-order valence-electron chi connectivity index (χ2n) is 5.31. The van der Waals surface area contributed by atoms with Gasteiger partial charge in [-0.25, -0.2) is 13.6 Å². The molecular formula is C14H21N3O3S. The lowest BCUT2D eigenvalue weighted by molar-refractivity contribution is -0.116. The van der Waals surface area contributed by atoms with Gasteiger partial charge in [0.1, 0.15) is 0 Å². The van der Waals surface area contributed by atoms with Crippen molar-refractivity contribution in [1.82, 2.24) is 5.32 Å². The molecule has 1 aromatic rings. The zero-order chi connectivity index (χ0) is 15.3. The first-order valence-corrected chi connectivity index (χ1v) is 8.66. The number of carbonyl (C=O) groups excluding carboxylic acids is 1. The van der Waals surface area contributed by atoms with Crippen molar-refractivity contribution in [1.29, 1.82) is 0 Å². The molecule has 1 unspecified atom stereocenters. The van der Waals surface area contributed by atoms with Gasteiger partial charge in [-0.15, -0.1) is 0 Å². The van der Waals surface area contributed by atoms with Crippen molar-refractivity contribution in [2.24, 2.45) is 5.14 Å². The molecule has 0 radical (unpaired) electrons. The zero-order valence-electron chi connectivity index (χ0n) is 11.8. The summed E-state index contributed by atoms with van der Waals surface area (Å²) in [6.45, 7) is 1.02. The molecule has 0 bridgehead atoms. The summed E-state index contributed by atoms with van der Waals surface area (Å²) in [5.74, 6) is -0.117. The lowest BCUT2D eigenvalue weighted by Crippen LogP contribution is -2.34. The summed E-state index contributed by atoms with van der Waals surface area (Å²) in [5, 5.41) is 11.2. The van der Waals surface area contributed by atoms with Gasteiger partial charge < -0.3 is 10.6 Å². The van der Waals surface area contributed by atoms with E-state index < -0.39 is 10.0 Å². The van der Waals surface area contributed by atoms with Crippen molar-refractivity contribution in [3.05, 3.63) is 24.3 Å². The van der Waals surface area contributed by atoms with Crippen LogP contribution in [-0.2, 0) is 14.8 Å². The van der Waals surface area contributed by atoms with E-state index in [1.807, 2.05) is 0 Å². The average Bonchev–Trinajstić information content (AvgIpc) is 2.46. The normalized spacial score (nSPS) is 19.2. The Hall–Kier alpha value is -1.44. The minimum Gasteiger partial charge on any atom is -0.326 e. The highest BCUT2D eigenvalue weighted by Crippen LogP contribution is 2.16. The highest BCUT2D eigenvalue weighted by Gasteiger charge is 2.14. The number of anilines is 1. The molecule has 1 heterocycles. The predicted molar refractivity (Wildman–Crippen MR) is 81.3 cm³/mol. The summed E-state index contributed by atoms with van der Waals surface area (Å²) in [7, 11) is -3.75. The Kier molecular flexibility index (Phi) is 5.33. The number of nitrogens with two attached hydrogens (primary N) is 1. The van der Waals surface area contributed by atoms with Gasteiger partial charge in [0, 0.05) is 18.2 Å². The molecule has 116 valence electrons. The molecule has 1 amide bonds. The third-order valence-corrected chi connectivity index (χ3v) is 4.49. The standard InChI is InChI=1S/C14H21N3O3S/c15-21(19,20)13-6-3-5-12(10-13)17-14(18)8-7-11-4-1-2-9-16-11/h3,5-6,10-11,16H,1-2,4,7-9H2,(H,17,18)(H2,15,19,20). The van der Waals surface area contributed by atoms with E-state index in [1.54, 1.807) is 12.1 Å². The van der Waals surface area contributed by atoms with Crippen LogP contribution >= 0.6 is 0 Å². The monoisotopic (exact) mass is 311 g/mol. The maximum absolute atomic E-state index is 11.9. The van der Waals surface area contributed by atoms with Crippen LogP contribution in [0, 0.1) is 0 Å². The molecule has 21 heavy (non-hydrogen) atoms. The van der Waals surface area contributed by atoms with E-state index in [4.69, 9.17) is 5.14 Å². The van der Waals surface area contributed by atoms with Crippen LogP contribution in [0.4, 0.5) is 5.69 Å². The fraction of sp³-hybridized carbons (Fsp3) is 0.500. The van der Waals surface area contributed by atoms with Gasteiger partial charge in [0.2, 0.25) is 15.9 Å². The van der Waals surface area contributed by atoms with Gasteiger partial charge in [0.15, 0.2) is 0 Å². The molecule has 1 aliphatic heterocycles. The van der Waals surface area contributed by atoms with Gasteiger partial charge in [-0.2, -0.15) is 0 Å². The number of piperidine rings is 1. The summed E-state index contributed by atoms with van der Waals surface area (Å²) in [5.41, 5.74) is 0.447. The van der Waals surface area contributed by atoms with E-state index >= 15 is 0 Å². The quantitative estimate of drug-likeness (QED) is 0.760. The van der Waals surface area contributed by atoms with Crippen molar-refractivity contribution < 1.29 is 13.2 Å². The first-order chi connectivity index (χ1) is 9.95. The van der Waals surface area contributed by atoms with Crippen molar-refractivity contribution in [2.45, 2.75) is 43.0 Å². The van der Waals surface area contributed by atoms with E-state index in [-0.39, 0.29) is 10.8 Å². The average molecular weight is 311 g/mol. The van der Waals surface area contributed by atoms with Gasteiger partial charge >= 0.3 is 0 Å². The number of primary sulfonamides is 1. The van der Waals surface area contributed by atoms with E-state index in [2.05, 4.69) is 10.6 Å². The number of hydrogen-bond donors (Lipinski definition) is 3. The molecule has 1 saturated heterocycles. The molecule has 2 rings (SSSR count). The van der Waals surface area contributed by atoms with Crippen LogP contribution in [0.25, 0.3) is 0 Å². The Morgan fingerprint density at radius 1 is 1.38 bits per heavy atom. The number of sulfonamides is 1. The highest BCUT2D eigenvalue weighted by molar-refractivity contribution is 7.89. The largest absolute Gasteiger partial charge is 0.326 e. The summed E-state index contributed by atoms with van der Waals surface area (Å²) < 4.78 is 22.5. The zero-order valence-corrected chi connectivity index (χ0v) is 12.7. The molecule has 6 nitrogen and oxygen atoms in total. The van der Waals surface area contributed by atoms with E-state index in [9.17, 15) is 13.2 Å². The molecule has 1 fully saturated rings. The lowest BCUT2D eigenvalue weighted by atomic mass is 10.0. The van der Waals surface area contributed by atoms with Crippen LogP contribution < -0.4 is 15.8 Å². The Morgan fingerprint density at radius 3 is 2.86 bits per heavy atom. The minimum atomic E-state index is -3.75. The molecule has 0 aromatic heterocycles. The van der Waals surface area contributed by atoms with Crippen LogP contribution in [-0.4, -0.2) is 26.9 Å². The van der Waals surface area contributed by atoms with Crippen LogP contribution in [0.1, 0.15) is 32.1 Å². The van der Waals surface area contributed by atoms with Crippen molar-refractivity contribution in [2.75, 3.05) is 11.9 Å². The molecule has 1 aromatic carbocycles. The van der Waals surface area contributed by atoms with Crippen molar-refractivity contribution in [3.8, 4) is 0 Å². The molecule has 7 heteroatoms. The van der Waals surface area contributed by atoms with Gasteiger partial charge in [0.25, 0.3) is 0 Å². The first-order valence-electron chi connectivity index (χ1n) is 7.11. The highest BCUT2D eigenvalue weighted by atomic mass is 32.2. The Labute approximate surface area is 125 Å². The second-order valence-corrected chi connectivity index (χ2v) is 6.87. The van der Waals surface area contributed by atoms with Gasteiger partial charge in [-0.1, -0.05) is 12.5 Å². The molecule has 1 atom stereocenters. The van der Waals surface area contributed by atoms with Crippen LogP contribution in [0.3, 0.4) is 0 Å². The number of carbonyl (C=O) groups is 1. The maximum Gasteiger partial charge on any atom is 0.238 e.